The van der Waals surface area contributed by atoms with Gasteiger partial charge in [0.05, 0.1) is 11.4 Å². The van der Waals surface area contributed by atoms with Crippen molar-refractivity contribution in [2.75, 3.05) is 18.0 Å². The van der Waals surface area contributed by atoms with Crippen LogP contribution in [0.15, 0.2) is 47.4 Å². The van der Waals surface area contributed by atoms with Gasteiger partial charge in [0.1, 0.15) is 5.75 Å². The number of carbonyl (C=O) groups is 2. The molecule has 2 aromatic carbocycles. The van der Waals surface area contributed by atoms with E-state index in [1.54, 1.807) is 18.2 Å². The summed E-state index contributed by atoms with van der Waals surface area (Å²) in [6.45, 7) is 8.00. The van der Waals surface area contributed by atoms with E-state index >= 15 is 0 Å². The number of imide groups is 1. The van der Waals surface area contributed by atoms with E-state index in [9.17, 15) is 14.7 Å². The summed E-state index contributed by atoms with van der Waals surface area (Å²) in [5.74, 6) is -0.236. The molecule has 2 amide bonds. The number of benzene rings is 2. The molecular weight excluding hydrogens is 372 g/mol. The minimum absolute atomic E-state index is 0.0927. The molecule has 6 heteroatoms. The first kappa shape index (κ1) is 20.0. The highest BCUT2D eigenvalue weighted by Crippen LogP contribution is 2.35. The second-order valence-corrected chi connectivity index (χ2v) is 7.60. The van der Waals surface area contributed by atoms with Crippen molar-refractivity contribution in [1.29, 1.82) is 0 Å². The van der Waals surface area contributed by atoms with Gasteiger partial charge in [0, 0.05) is 30.4 Å². The molecule has 1 aliphatic heterocycles. The number of nitrogens with zero attached hydrogens (tertiary/aromatic N) is 2. The zero-order valence-corrected chi connectivity index (χ0v) is 17.1. The van der Waals surface area contributed by atoms with Crippen LogP contribution in [0.2, 0.25) is 0 Å². The van der Waals surface area contributed by atoms with E-state index in [2.05, 4.69) is 18.7 Å². The number of carbonyl (C=O) groups excluding carboxylic acids is 2. The minimum atomic E-state index is -0.328. The lowest BCUT2D eigenvalue weighted by Gasteiger charge is -2.21. The van der Waals surface area contributed by atoms with Crippen LogP contribution in [0.25, 0.3) is 6.08 Å². The van der Waals surface area contributed by atoms with Gasteiger partial charge in [-0.1, -0.05) is 24.3 Å². The quantitative estimate of drug-likeness (QED) is 0.712. The molecular formula is C22H24N2O3S. The largest absolute Gasteiger partial charge is 0.507 e. The van der Waals surface area contributed by atoms with Crippen LogP contribution in [0.3, 0.4) is 0 Å². The van der Waals surface area contributed by atoms with E-state index in [1.165, 1.54) is 4.90 Å². The maximum atomic E-state index is 12.7. The lowest BCUT2D eigenvalue weighted by Crippen LogP contribution is -2.27. The number of thioether (sulfide) groups is 1. The van der Waals surface area contributed by atoms with Crippen LogP contribution < -0.4 is 4.90 Å². The normalized spacial score (nSPS) is 15.5. The second-order valence-electron chi connectivity index (χ2n) is 6.61. The van der Waals surface area contributed by atoms with Crippen LogP contribution >= 0.6 is 11.8 Å². The standard InChI is InChI=1S/C22H24N2O3S/c1-4-23(5-2)18-11-10-16(19(25)13-18)12-20-21(26)24(22(27)28-20)14-17-9-7-6-8-15(17)3/h6-13,25H,4-5,14H2,1-3H3/b20-12-. The zero-order valence-electron chi connectivity index (χ0n) is 16.3. The third-order valence-electron chi connectivity index (χ3n) is 4.89. The van der Waals surface area contributed by atoms with Crippen molar-refractivity contribution < 1.29 is 14.7 Å². The minimum Gasteiger partial charge on any atom is -0.507 e. The lowest BCUT2D eigenvalue weighted by molar-refractivity contribution is -0.123. The van der Waals surface area contributed by atoms with Gasteiger partial charge < -0.3 is 10.0 Å². The molecule has 2 aromatic rings. The smallest absolute Gasteiger partial charge is 0.293 e. The molecule has 0 aromatic heterocycles. The average molecular weight is 397 g/mol. The molecule has 0 aliphatic carbocycles. The van der Waals surface area contributed by atoms with Gasteiger partial charge in [-0.2, -0.15) is 0 Å². The number of hydrogen-bond donors (Lipinski definition) is 1. The summed E-state index contributed by atoms with van der Waals surface area (Å²) in [6.07, 6.45) is 1.59. The van der Waals surface area contributed by atoms with Gasteiger partial charge in [-0.3, -0.25) is 14.5 Å². The molecule has 0 unspecified atom stereocenters. The van der Waals surface area contributed by atoms with Crippen LogP contribution in [0, 0.1) is 6.92 Å². The highest BCUT2D eigenvalue weighted by atomic mass is 32.2. The summed E-state index contributed by atoms with van der Waals surface area (Å²) in [7, 11) is 0. The van der Waals surface area contributed by atoms with Crippen molar-refractivity contribution in [2.45, 2.75) is 27.3 Å². The molecule has 1 heterocycles. The van der Waals surface area contributed by atoms with Gasteiger partial charge in [-0.25, -0.2) is 0 Å². The average Bonchev–Trinajstić information content (AvgIpc) is 2.94. The monoisotopic (exact) mass is 396 g/mol. The van der Waals surface area contributed by atoms with Crippen molar-refractivity contribution in [3.8, 4) is 5.75 Å². The number of anilines is 1. The maximum Gasteiger partial charge on any atom is 0.293 e. The number of phenolic OH excluding ortho intramolecular Hbond substituents is 1. The van der Waals surface area contributed by atoms with E-state index in [1.807, 2.05) is 37.3 Å². The van der Waals surface area contributed by atoms with Gasteiger partial charge in [0.15, 0.2) is 0 Å². The number of amides is 2. The van der Waals surface area contributed by atoms with Crippen LogP contribution in [-0.2, 0) is 11.3 Å². The first-order valence-corrected chi connectivity index (χ1v) is 10.1. The van der Waals surface area contributed by atoms with Crippen LogP contribution in [-0.4, -0.2) is 34.2 Å². The summed E-state index contributed by atoms with van der Waals surface area (Å²) in [5, 5.41) is 10.1. The molecule has 0 atom stereocenters. The highest BCUT2D eigenvalue weighted by molar-refractivity contribution is 8.18. The zero-order chi connectivity index (χ0) is 20.3. The van der Waals surface area contributed by atoms with Gasteiger partial charge in [-0.15, -0.1) is 0 Å². The third kappa shape index (κ3) is 4.07. The first-order valence-electron chi connectivity index (χ1n) is 9.32. The van der Waals surface area contributed by atoms with Crippen LogP contribution in [0.5, 0.6) is 5.75 Å². The Morgan fingerprint density at radius 3 is 2.46 bits per heavy atom. The Bertz CT molecular complexity index is 935. The van der Waals surface area contributed by atoms with Gasteiger partial charge in [0.25, 0.3) is 11.1 Å². The molecule has 1 aliphatic rings. The molecule has 1 saturated heterocycles. The molecule has 3 rings (SSSR count). The fourth-order valence-corrected chi connectivity index (χ4v) is 4.00. The summed E-state index contributed by atoms with van der Waals surface area (Å²) >= 11 is 0.907. The number of hydrogen-bond acceptors (Lipinski definition) is 5. The Kier molecular flexibility index (Phi) is 6.09. The molecule has 1 fully saturated rings. The molecule has 0 bridgehead atoms. The van der Waals surface area contributed by atoms with Crippen molar-refractivity contribution in [3.63, 3.8) is 0 Å². The fraction of sp³-hybridized carbons (Fsp3) is 0.273. The van der Waals surface area contributed by atoms with Crippen molar-refractivity contribution >= 4 is 34.7 Å². The first-order chi connectivity index (χ1) is 13.4. The Morgan fingerprint density at radius 1 is 1.11 bits per heavy atom. The van der Waals surface area contributed by atoms with Crippen LogP contribution in [0.4, 0.5) is 10.5 Å². The summed E-state index contributed by atoms with van der Waals surface area (Å²) in [5.41, 5.74) is 3.43. The van der Waals surface area contributed by atoms with E-state index in [0.717, 1.165) is 41.7 Å². The Labute approximate surface area is 169 Å². The number of aryl methyl sites for hydroxylation is 1. The molecule has 0 spiro atoms. The molecule has 0 saturated carbocycles. The molecule has 146 valence electrons. The number of phenols is 1. The topological polar surface area (TPSA) is 60.9 Å². The van der Waals surface area contributed by atoms with E-state index in [4.69, 9.17) is 0 Å². The molecule has 0 radical (unpaired) electrons. The van der Waals surface area contributed by atoms with Gasteiger partial charge >= 0.3 is 0 Å². The number of rotatable bonds is 6. The lowest BCUT2D eigenvalue weighted by atomic mass is 10.1. The van der Waals surface area contributed by atoms with Gasteiger partial charge in [0.2, 0.25) is 0 Å². The maximum absolute atomic E-state index is 12.7. The third-order valence-corrected chi connectivity index (χ3v) is 5.80. The summed E-state index contributed by atoms with van der Waals surface area (Å²) < 4.78 is 0. The molecule has 5 nitrogen and oxygen atoms in total. The molecule has 28 heavy (non-hydrogen) atoms. The van der Waals surface area contributed by atoms with Crippen molar-refractivity contribution in [2.24, 2.45) is 0 Å². The fourth-order valence-electron chi connectivity index (χ4n) is 3.17. The predicted molar refractivity (Wildman–Crippen MR) is 114 cm³/mol. The second kappa shape index (κ2) is 8.52. The molecule has 1 N–H and O–H groups in total. The van der Waals surface area contributed by atoms with Crippen molar-refractivity contribution in [1.82, 2.24) is 4.90 Å². The summed E-state index contributed by atoms with van der Waals surface area (Å²) in [4.78, 5) is 28.8. The van der Waals surface area contributed by atoms with E-state index in [-0.39, 0.29) is 23.4 Å². The Hall–Kier alpha value is -2.73. The predicted octanol–water partition coefficient (Wildman–Crippen LogP) is 4.78. The van der Waals surface area contributed by atoms with E-state index in [0.29, 0.717) is 10.5 Å². The van der Waals surface area contributed by atoms with Crippen LogP contribution in [0.1, 0.15) is 30.5 Å². The highest BCUT2D eigenvalue weighted by Gasteiger charge is 2.35. The van der Waals surface area contributed by atoms with Gasteiger partial charge in [-0.05, 0) is 61.9 Å². The Morgan fingerprint density at radius 2 is 1.82 bits per heavy atom. The van der Waals surface area contributed by atoms with E-state index < -0.39 is 0 Å². The SMILES string of the molecule is CCN(CC)c1ccc(/C=C2\SC(=O)N(Cc3ccccc3C)C2=O)c(O)c1. The Balaban J connectivity index is 1.83. The summed E-state index contributed by atoms with van der Waals surface area (Å²) in [6, 6.07) is 13.1. The van der Waals surface area contributed by atoms with Crippen molar-refractivity contribution in [3.05, 3.63) is 64.1 Å². The number of aromatic hydroxyl groups is 1.